The molecule has 1 heterocycles. The van der Waals surface area contributed by atoms with Crippen molar-refractivity contribution in [3.63, 3.8) is 0 Å². The van der Waals surface area contributed by atoms with Crippen molar-refractivity contribution in [2.45, 2.75) is 3.74 Å². The minimum atomic E-state index is -0.605. The highest BCUT2D eigenvalue weighted by atomic mass is 79.9. The van der Waals surface area contributed by atoms with E-state index in [1.807, 2.05) is 0 Å². The Morgan fingerprint density at radius 3 is 2.75 bits per heavy atom. The highest BCUT2D eigenvalue weighted by molar-refractivity contribution is 9.25. The Hall–Kier alpha value is -0.290. The van der Waals surface area contributed by atoms with Crippen molar-refractivity contribution in [3.8, 4) is 0 Å². The molecule has 0 N–H and O–H groups in total. The predicted octanol–water partition coefficient (Wildman–Crippen LogP) is 2.52. The molecule has 0 aromatic carbocycles. The fourth-order valence-electron chi connectivity index (χ4n) is 0.670. The maximum absolute atomic E-state index is 12.9. The summed E-state index contributed by atoms with van der Waals surface area (Å²) in [7, 11) is 0. The maximum atomic E-state index is 12.9. The average molecular weight is 297 g/mol. The van der Waals surface area contributed by atoms with Gasteiger partial charge in [-0.25, -0.2) is 9.37 Å². The smallest absolute Gasteiger partial charge is 0.208 e. The van der Waals surface area contributed by atoms with Crippen molar-refractivity contribution >= 4 is 37.6 Å². The number of Topliss-reactive ketones (excluding diaryl/α,β-unsaturated/α-hetero) is 1. The first-order chi connectivity index (χ1) is 5.63. The maximum Gasteiger partial charge on any atom is 0.208 e. The van der Waals surface area contributed by atoms with Gasteiger partial charge in [-0.05, 0) is 12.1 Å². The van der Waals surface area contributed by atoms with Crippen molar-refractivity contribution in [2.75, 3.05) is 0 Å². The van der Waals surface area contributed by atoms with E-state index in [1.165, 1.54) is 18.3 Å². The van der Waals surface area contributed by atoms with Gasteiger partial charge in [-0.15, -0.1) is 0 Å². The topological polar surface area (TPSA) is 30.0 Å². The second-order valence-corrected chi connectivity index (χ2v) is 5.06. The van der Waals surface area contributed by atoms with Gasteiger partial charge in [0.05, 0.1) is 0 Å². The molecule has 0 aliphatic rings. The summed E-state index contributed by atoms with van der Waals surface area (Å²) in [5.74, 6) is -1.03. The van der Waals surface area contributed by atoms with Gasteiger partial charge in [0.1, 0.15) is 9.43 Å². The van der Waals surface area contributed by atoms with E-state index in [1.54, 1.807) is 0 Å². The lowest BCUT2D eigenvalue weighted by Crippen LogP contribution is -2.11. The highest BCUT2D eigenvalue weighted by Gasteiger charge is 2.18. The molecule has 64 valence electrons. The van der Waals surface area contributed by atoms with E-state index in [4.69, 9.17) is 0 Å². The summed E-state index contributed by atoms with van der Waals surface area (Å²) in [6.45, 7) is 0. The largest absolute Gasteiger partial charge is 0.290 e. The van der Waals surface area contributed by atoms with Crippen LogP contribution in [0.2, 0.25) is 0 Å². The van der Waals surface area contributed by atoms with Crippen LogP contribution in [0.25, 0.3) is 0 Å². The molecule has 0 atom stereocenters. The van der Waals surface area contributed by atoms with Crippen LogP contribution in [-0.4, -0.2) is 14.5 Å². The zero-order valence-corrected chi connectivity index (χ0v) is 8.97. The molecular formula is C7H4Br2FNO. The Morgan fingerprint density at radius 2 is 2.25 bits per heavy atom. The van der Waals surface area contributed by atoms with Crippen LogP contribution < -0.4 is 0 Å². The molecule has 12 heavy (non-hydrogen) atoms. The fraction of sp³-hybridized carbons (Fsp3) is 0.143. The van der Waals surface area contributed by atoms with E-state index in [0.717, 1.165) is 0 Å². The molecule has 0 radical (unpaired) electrons. The molecule has 1 aromatic rings. The molecular weight excluding hydrogens is 293 g/mol. The normalized spacial score (nSPS) is 10.3. The van der Waals surface area contributed by atoms with Gasteiger partial charge in [0.15, 0.2) is 5.82 Å². The summed E-state index contributed by atoms with van der Waals surface area (Å²) in [6, 6.07) is 2.63. The lowest BCUT2D eigenvalue weighted by Gasteiger charge is -2.00. The second kappa shape index (κ2) is 4.09. The third-order valence-electron chi connectivity index (χ3n) is 1.19. The first-order valence-corrected chi connectivity index (χ1v) is 4.89. The lowest BCUT2D eigenvalue weighted by atomic mass is 10.2. The monoisotopic (exact) mass is 295 g/mol. The summed E-state index contributed by atoms with van der Waals surface area (Å²) >= 11 is 5.94. The van der Waals surface area contributed by atoms with Gasteiger partial charge in [0.25, 0.3) is 0 Å². The number of hydrogen-bond donors (Lipinski definition) is 0. The molecule has 0 saturated carbocycles. The van der Waals surface area contributed by atoms with Crippen LogP contribution in [0.5, 0.6) is 0 Å². The molecule has 1 rings (SSSR count). The molecule has 0 fully saturated rings. The second-order valence-electron chi connectivity index (χ2n) is 2.00. The van der Waals surface area contributed by atoms with E-state index in [0.29, 0.717) is 0 Å². The number of aromatic nitrogens is 1. The van der Waals surface area contributed by atoms with Crippen molar-refractivity contribution in [2.24, 2.45) is 0 Å². The van der Waals surface area contributed by atoms with E-state index in [-0.39, 0.29) is 5.69 Å². The molecule has 1 aromatic heterocycles. The molecule has 2 nitrogen and oxygen atoms in total. The van der Waals surface area contributed by atoms with Gasteiger partial charge in [0.2, 0.25) is 5.78 Å². The highest BCUT2D eigenvalue weighted by Crippen LogP contribution is 2.15. The van der Waals surface area contributed by atoms with E-state index in [9.17, 15) is 9.18 Å². The molecule has 0 bridgehead atoms. The lowest BCUT2D eigenvalue weighted by molar-refractivity contribution is 0.100. The third-order valence-corrected chi connectivity index (χ3v) is 2.02. The number of carbonyl (C=O) groups is 1. The Labute approximate surface area is 85.4 Å². The van der Waals surface area contributed by atoms with Crippen LogP contribution in [0.3, 0.4) is 0 Å². The molecule has 5 heteroatoms. The standard InChI is InChI=1S/C7H4Br2FNO/c8-7(9)6(12)5-4(10)2-1-3-11-5/h1-3,7H. The zero-order chi connectivity index (χ0) is 9.14. The van der Waals surface area contributed by atoms with E-state index < -0.39 is 15.3 Å². The number of alkyl halides is 2. The van der Waals surface area contributed by atoms with Crippen LogP contribution in [0.1, 0.15) is 10.5 Å². The first-order valence-electron chi connectivity index (χ1n) is 3.06. The van der Waals surface area contributed by atoms with Gasteiger partial charge in [-0.3, -0.25) is 4.79 Å². The van der Waals surface area contributed by atoms with Crippen molar-refractivity contribution in [1.29, 1.82) is 0 Å². The summed E-state index contributed by atoms with van der Waals surface area (Å²) in [5.41, 5.74) is -0.156. The Morgan fingerprint density at radius 1 is 1.58 bits per heavy atom. The van der Waals surface area contributed by atoms with Crippen LogP contribution in [-0.2, 0) is 0 Å². The van der Waals surface area contributed by atoms with Crippen molar-refractivity contribution in [3.05, 3.63) is 29.8 Å². The first kappa shape index (κ1) is 9.80. The molecule has 0 amide bonds. The number of hydrogen-bond acceptors (Lipinski definition) is 2. The summed E-state index contributed by atoms with van der Waals surface area (Å²) in [4.78, 5) is 14.8. The third kappa shape index (κ3) is 2.10. The van der Waals surface area contributed by atoms with Gasteiger partial charge in [-0.2, -0.15) is 0 Å². The van der Waals surface area contributed by atoms with Crippen molar-refractivity contribution in [1.82, 2.24) is 4.98 Å². The van der Waals surface area contributed by atoms with Gasteiger partial charge < -0.3 is 0 Å². The van der Waals surface area contributed by atoms with Gasteiger partial charge >= 0.3 is 0 Å². The number of pyridine rings is 1. The number of carbonyl (C=O) groups excluding carboxylic acids is 1. The predicted molar refractivity (Wildman–Crippen MR) is 50.2 cm³/mol. The summed E-state index contributed by atoms with van der Waals surface area (Å²) in [6.07, 6.45) is 1.37. The van der Waals surface area contributed by atoms with Gasteiger partial charge in [-0.1, -0.05) is 31.9 Å². The Bertz CT molecular complexity index is 303. The molecule has 0 aliphatic carbocycles. The van der Waals surface area contributed by atoms with Crippen LogP contribution in [0.4, 0.5) is 4.39 Å². The molecule has 0 aliphatic heterocycles. The minimum Gasteiger partial charge on any atom is -0.290 e. The van der Waals surface area contributed by atoms with Crippen LogP contribution in [0, 0.1) is 5.82 Å². The van der Waals surface area contributed by atoms with Crippen molar-refractivity contribution < 1.29 is 9.18 Å². The zero-order valence-electron chi connectivity index (χ0n) is 5.80. The SMILES string of the molecule is O=C(c1ncccc1F)C(Br)Br. The van der Waals surface area contributed by atoms with Gasteiger partial charge in [0, 0.05) is 6.20 Å². The molecule has 0 spiro atoms. The van der Waals surface area contributed by atoms with Crippen LogP contribution >= 0.6 is 31.9 Å². The number of nitrogens with zero attached hydrogens (tertiary/aromatic N) is 1. The summed E-state index contributed by atoms with van der Waals surface area (Å²) in [5, 5.41) is 0. The summed E-state index contributed by atoms with van der Waals surface area (Å²) < 4.78 is 12.3. The van der Waals surface area contributed by atoms with Crippen LogP contribution in [0.15, 0.2) is 18.3 Å². The quantitative estimate of drug-likeness (QED) is 0.620. The Balaban J connectivity index is 3.03. The molecule has 0 saturated heterocycles. The number of ketones is 1. The number of halogens is 3. The minimum absolute atomic E-state index is 0.156. The fourth-order valence-corrected chi connectivity index (χ4v) is 1.10. The average Bonchev–Trinajstić information content (AvgIpc) is 2.04. The number of rotatable bonds is 2. The van der Waals surface area contributed by atoms with E-state index in [2.05, 4.69) is 36.8 Å². The molecule has 0 unspecified atom stereocenters. The Kier molecular flexibility index (Phi) is 3.34. The van der Waals surface area contributed by atoms with E-state index >= 15 is 0 Å².